The minimum absolute atomic E-state index is 0.207. The number of aromatic nitrogens is 3. The summed E-state index contributed by atoms with van der Waals surface area (Å²) in [4.78, 5) is 68.8. The van der Waals surface area contributed by atoms with E-state index in [-0.39, 0.29) is 72.0 Å². The first-order valence-corrected chi connectivity index (χ1v) is 16.0. The molecule has 266 valence electrons. The van der Waals surface area contributed by atoms with Crippen LogP contribution in [0, 0.1) is 6.92 Å². The van der Waals surface area contributed by atoms with Crippen molar-refractivity contribution in [2.24, 2.45) is 0 Å². The SMILES string of the molecule is CC.Cc1nc(Cc2ccc(CC3CN(CC(=O)O)CCN(CC(=O)O)CCN(CC(=O)O)CCN3CC(=O)O)cc2)nc(N(C)C)n1. The van der Waals surface area contributed by atoms with E-state index in [0.717, 1.165) is 11.1 Å². The van der Waals surface area contributed by atoms with E-state index in [1.165, 1.54) is 0 Å². The second kappa shape index (κ2) is 20.2. The van der Waals surface area contributed by atoms with Gasteiger partial charge >= 0.3 is 23.9 Å². The van der Waals surface area contributed by atoms with Crippen molar-refractivity contribution in [2.75, 3.05) is 91.0 Å². The van der Waals surface area contributed by atoms with Crippen LogP contribution in [0.5, 0.6) is 0 Å². The van der Waals surface area contributed by atoms with Gasteiger partial charge < -0.3 is 25.3 Å². The lowest BCUT2D eigenvalue weighted by atomic mass is 10.0. The predicted octanol–water partition coefficient (Wildman–Crippen LogP) is 0.334. The summed E-state index contributed by atoms with van der Waals surface area (Å²) in [5.74, 6) is -2.38. The highest BCUT2D eigenvalue weighted by molar-refractivity contribution is 5.70. The Morgan fingerprint density at radius 2 is 1.15 bits per heavy atom. The zero-order valence-electron chi connectivity index (χ0n) is 28.6. The molecule has 4 N–H and O–H groups in total. The second-order valence-corrected chi connectivity index (χ2v) is 11.7. The number of carbonyl (C=O) groups is 4. The molecule has 16 heteroatoms. The van der Waals surface area contributed by atoms with Crippen molar-refractivity contribution in [2.45, 2.75) is 39.7 Å². The highest BCUT2D eigenvalue weighted by Gasteiger charge is 2.27. The zero-order valence-corrected chi connectivity index (χ0v) is 28.6. The maximum atomic E-state index is 12.0. The first-order chi connectivity index (χ1) is 22.8. The Morgan fingerprint density at radius 3 is 1.65 bits per heavy atom. The van der Waals surface area contributed by atoms with Crippen LogP contribution in [0.2, 0.25) is 0 Å². The molecule has 1 aliphatic rings. The van der Waals surface area contributed by atoms with Crippen molar-refractivity contribution in [3.8, 4) is 0 Å². The van der Waals surface area contributed by atoms with E-state index < -0.39 is 29.9 Å². The molecule has 1 aromatic carbocycles. The number of rotatable bonds is 13. The number of nitrogens with zero attached hydrogens (tertiary/aromatic N) is 8. The highest BCUT2D eigenvalue weighted by Crippen LogP contribution is 2.16. The summed E-state index contributed by atoms with van der Waals surface area (Å²) in [7, 11) is 3.72. The monoisotopic (exact) mass is 674 g/mol. The maximum absolute atomic E-state index is 12.0. The van der Waals surface area contributed by atoms with Crippen LogP contribution in [0.3, 0.4) is 0 Å². The Bertz CT molecular complexity index is 1340. The van der Waals surface area contributed by atoms with E-state index in [0.29, 0.717) is 30.4 Å². The van der Waals surface area contributed by atoms with Gasteiger partial charge in [-0.15, -0.1) is 0 Å². The van der Waals surface area contributed by atoms with E-state index in [4.69, 9.17) is 0 Å². The molecule has 0 amide bonds. The van der Waals surface area contributed by atoms with Crippen molar-refractivity contribution in [3.63, 3.8) is 0 Å². The molecule has 2 aromatic rings. The van der Waals surface area contributed by atoms with Gasteiger partial charge in [-0.05, 0) is 24.5 Å². The molecule has 1 saturated heterocycles. The molecule has 3 rings (SSSR count). The van der Waals surface area contributed by atoms with Gasteiger partial charge in [-0.2, -0.15) is 9.97 Å². The van der Waals surface area contributed by atoms with Gasteiger partial charge in [-0.3, -0.25) is 38.8 Å². The fraction of sp³-hybridized carbons (Fsp3) is 0.594. The van der Waals surface area contributed by atoms with Crippen LogP contribution < -0.4 is 4.90 Å². The standard InChI is InChI=1S/C30H44N8O8.C2H6/c1-21-31-25(33-30(32-21)34(2)3)15-23-6-4-22(5-7-23)14-24-16-37(19-28(43)44)11-10-35(17-26(39)40)8-9-36(18-27(41)42)12-13-38(24)20-29(45)46;1-2/h4-7,24H,8-20H2,1-3H3,(H,39,40)(H,41,42)(H,43,44)(H,45,46);1-2H3. The van der Waals surface area contributed by atoms with Gasteiger partial charge in [0.15, 0.2) is 0 Å². The van der Waals surface area contributed by atoms with E-state index in [1.54, 1.807) is 19.6 Å². The average Bonchev–Trinajstić information content (AvgIpc) is 3.00. The fourth-order valence-electron chi connectivity index (χ4n) is 5.40. The minimum atomic E-state index is -1.06. The summed E-state index contributed by atoms with van der Waals surface area (Å²) in [6.45, 7) is 6.28. The molecule has 48 heavy (non-hydrogen) atoms. The molecule has 1 fully saturated rings. The lowest BCUT2D eigenvalue weighted by Crippen LogP contribution is -2.53. The Morgan fingerprint density at radius 1 is 0.688 bits per heavy atom. The molecule has 1 unspecified atom stereocenters. The summed E-state index contributed by atoms with van der Waals surface area (Å²) in [6.07, 6.45) is 0.884. The minimum Gasteiger partial charge on any atom is -0.480 e. The Hall–Kier alpha value is -4.25. The third-order valence-corrected chi connectivity index (χ3v) is 7.61. The van der Waals surface area contributed by atoms with Gasteiger partial charge in [0.2, 0.25) is 5.95 Å². The van der Waals surface area contributed by atoms with Crippen LogP contribution >= 0.6 is 0 Å². The quantitative estimate of drug-likeness (QED) is 0.226. The molecule has 16 nitrogen and oxygen atoms in total. The topological polar surface area (TPSA) is 204 Å². The van der Waals surface area contributed by atoms with Crippen LogP contribution in [0.4, 0.5) is 5.95 Å². The van der Waals surface area contributed by atoms with Crippen molar-refractivity contribution < 1.29 is 39.6 Å². The van der Waals surface area contributed by atoms with Gasteiger partial charge in [0.1, 0.15) is 11.6 Å². The smallest absolute Gasteiger partial charge is 0.317 e. The lowest BCUT2D eigenvalue weighted by molar-refractivity contribution is -0.142. The fourth-order valence-corrected chi connectivity index (χ4v) is 5.40. The Balaban J connectivity index is 0.00000392. The van der Waals surface area contributed by atoms with Gasteiger partial charge in [-0.1, -0.05) is 38.1 Å². The van der Waals surface area contributed by atoms with Crippen LogP contribution in [-0.4, -0.2) is 171 Å². The number of aryl methyl sites for hydroxylation is 1. The van der Waals surface area contributed by atoms with Crippen molar-refractivity contribution in [1.29, 1.82) is 0 Å². The number of hydrogen-bond donors (Lipinski definition) is 4. The molecule has 0 bridgehead atoms. The molecule has 2 heterocycles. The first-order valence-electron chi connectivity index (χ1n) is 16.0. The summed E-state index contributed by atoms with van der Waals surface area (Å²) >= 11 is 0. The number of carboxylic acids is 4. The predicted molar refractivity (Wildman–Crippen MR) is 178 cm³/mol. The van der Waals surface area contributed by atoms with Crippen LogP contribution in [0.25, 0.3) is 0 Å². The zero-order chi connectivity index (χ0) is 35.8. The molecule has 0 saturated carbocycles. The van der Waals surface area contributed by atoms with Crippen molar-refractivity contribution in [3.05, 3.63) is 47.0 Å². The number of aliphatic carboxylic acids is 4. The number of hydrogen-bond acceptors (Lipinski definition) is 12. The van der Waals surface area contributed by atoms with Crippen molar-refractivity contribution in [1.82, 2.24) is 34.6 Å². The molecule has 0 radical (unpaired) electrons. The summed E-state index contributed by atoms with van der Waals surface area (Å²) in [5.41, 5.74) is 1.87. The molecule has 1 aromatic heterocycles. The summed E-state index contributed by atoms with van der Waals surface area (Å²) < 4.78 is 0. The summed E-state index contributed by atoms with van der Waals surface area (Å²) in [5, 5.41) is 38.3. The average molecular weight is 675 g/mol. The van der Waals surface area contributed by atoms with Crippen molar-refractivity contribution >= 4 is 29.8 Å². The number of benzene rings is 1. The van der Waals surface area contributed by atoms with Crippen LogP contribution in [-0.2, 0) is 32.0 Å². The largest absolute Gasteiger partial charge is 0.480 e. The molecule has 0 aliphatic carbocycles. The second-order valence-electron chi connectivity index (χ2n) is 11.7. The molecule has 1 atom stereocenters. The van der Waals surface area contributed by atoms with Gasteiger partial charge in [0.25, 0.3) is 0 Å². The van der Waals surface area contributed by atoms with Gasteiger partial charge in [-0.25, -0.2) is 4.98 Å². The van der Waals surface area contributed by atoms with Crippen LogP contribution in [0.1, 0.15) is 36.6 Å². The third kappa shape index (κ3) is 14.7. The normalized spacial score (nSPS) is 17.3. The van der Waals surface area contributed by atoms with E-state index in [2.05, 4.69) is 15.0 Å². The Kier molecular flexibility index (Phi) is 16.8. The van der Waals surface area contributed by atoms with Gasteiger partial charge in [0.05, 0.1) is 26.2 Å². The third-order valence-electron chi connectivity index (χ3n) is 7.61. The molecular weight excluding hydrogens is 624 g/mol. The van der Waals surface area contributed by atoms with E-state index >= 15 is 0 Å². The number of carboxylic acid groups (broad SMARTS) is 4. The molecule has 0 spiro atoms. The molecular formula is C32H50N8O8. The number of anilines is 1. The molecule has 1 aliphatic heterocycles. The van der Waals surface area contributed by atoms with Gasteiger partial charge in [0, 0.05) is 72.4 Å². The maximum Gasteiger partial charge on any atom is 0.317 e. The van der Waals surface area contributed by atoms with E-state index in [9.17, 15) is 39.6 Å². The Labute approximate surface area is 281 Å². The highest BCUT2D eigenvalue weighted by atomic mass is 16.4. The lowest BCUT2D eigenvalue weighted by Gasteiger charge is -2.37. The summed E-state index contributed by atoms with van der Waals surface area (Å²) in [6, 6.07) is 7.35. The van der Waals surface area contributed by atoms with Crippen LogP contribution in [0.15, 0.2) is 24.3 Å². The van der Waals surface area contributed by atoms with E-state index in [1.807, 2.05) is 64.0 Å². The first kappa shape index (κ1) is 39.9.